The van der Waals surface area contributed by atoms with Crippen LogP contribution in [0.1, 0.15) is 12.0 Å². The third-order valence-electron chi connectivity index (χ3n) is 3.28. The minimum Gasteiger partial charge on any atom is -0.311 e. The summed E-state index contributed by atoms with van der Waals surface area (Å²) in [6.07, 6.45) is -0.00170. The van der Waals surface area contributed by atoms with E-state index in [1.807, 2.05) is 6.07 Å². The molecule has 0 saturated carbocycles. The Morgan fingerprint density at radius 1 is 1.50 bits per heavy atom. The van der Waals surface area contributed by atoms with Gasteiger partial charge in [-0.05, 0) is 6.07 Å². The number of sulfonamides is 1. The summed E-state index contributed by atoms with van der Waals surface area (Å²) in [7, 11) is -3.70. The highest BCUT2D eigenvalue weighted by Gasteiger charge is 2.34. The first-order valence-electron chi connectivity index (χ1n) is 6.20. The number of hydrogen-bond donors (Lipinski definition) is 1. The molecule has 1 amide bonds. The third-order valence-corrected chi connectivity index (χ3v) is 4.21. The Bertz CT molecular complexity index is 783. The number of non-ortho nitro benzene ring substituents is 1. The van der Waals surface area contributed by atoms with Gasteiger partial charge in [0.2, 0.25) is 15.9 Å². The van der Waals surface area contributed by atoms with Crippen LogP contribution in [-0.2, 0) is 14.8 Å². The minimum absolute atomic E-state index is 0.00170. The van der Waals surface area contributed by atoms with Gasteiger partial charge >= 0.3 is 0 Å². The molecule has 1 aromatic rings. The highest BCUT2D eigenvalue weighted by Crippen LogP contribution is 2.30. The van der Waals surface area contributed by atoms with Crippen LogP contribution >= 0.6 is 0 Å². The fourth-order valence-electron chi connectivity index (χ4n) is 2.42. The fraction of sp³-hybridized carbons (Fsp3) is 0.333. The van der Waals surface area contributed by atoms with Gasteiger partial charge in [0.05, 0.1) is 21.9 Å². The van der Waals surface area contributed by atoms with E-state index in [0.717, 1.165) is 6.07 Å². The molecule has 1 aromatic carbocycles. The second-order valence-corrected chi connectivity index (χ2v) is 6.63. The van der Waals surface area contributed by atoms with E-state index in [1.54, 1.807) is 0 Å². The lowest BCUT2D eigenvalue weighted by atomic mass is 10.1. The Hall–Kier alpha value is -2.51. The predicted octanol–water partition coefficient (Wildman–Crippen LogP) is 0.108. The van der Waals surface area contributed by atoms with Crippen molar-refractivity contribution in [2.45, 2.75) is 6.42 Å². The van der Waals surface area contributed by atoms with Crippen LogP contribution in [0.5, 0.6) is 0 Å². The van der Waals surface area contributed by atoms with Crippen molar-refractivity contribution in [3.8, 4) is 6.07 Å². The summed E-state index contributed by atoms with van der Waals surface area (Å²) >= 11 is 0. The van der Waals surface area contributed by atoms with Crippen LogP contribution < -0.4 is 10.0 Å². The monoisotopic (exact) mass is 324 g/mol. The van der Waals surface area contributed by atoms with Crippen molar-refractivity contribution >= 4 is 27.3 Å². The minimum atomic E-state index is -3.70. The van der Waals surface area contributed by atoms with Crippen molar-refractivity contribution in [2.24, 2.45) is 11.1 Å². The van der Waals surface area contributed by atoms with Gasteiger partial charge in [-0.1, -0.05) is 0 Å². The number of hydrogen-bond acceptors (Lipinski definition) is 6. The highest BCUT2D eigenvalue weighted by atomic mass is 32.2. The average molecular weight is 324 g/mol. The van der Waals surface area contributed by atoms with E-state index >= 15 is 0 Å². The molecule has 0 bridgehead atoms. The molecule has 0 aliphatic carbocycles. The maximum absolute atomic E-state index is 12.0. The molecule has 116 valence electrons. The molecule has 0 aromatic heterocycles. The molecule has 1 unspecified atom stereocenters. The molecule has 0 spiro atoms. The summed E-state index contributed by atoms with van der Waals surface area (Å²) in [5.41, 5.74) is -0.0399. The highest BCUT2D eigenvalue weighted by molar-refractivity contribution is 7.89. The Labute approximate surface area is 126 Å². The zero-order valence-corrected chi connectivity index (χ0v) is 12.1. The number of carbonyl (C=O) groups excluding carboxylic acids is 1. The maximum Gasteiger partial charge on any atom is 0.270 e. The second kappa shape index (κ2) is 5.70. The molecule has 9 nitrogen and oxygen atoms in total. The van der Waals surface area contributed by atoms with Crippen molar-refractivity contribution in [1.29, 1.82) is 5.26 Å². The van der Waals surface area contributed by atoms with E-state index in [-0.39, 0.29) is 41.6 Å². The number of primary sulfonamides is 1. The van der Waals surface area contributed by atoms with Crippen molar-refractivity contribution in [3.05, 3.63) is 33.9 Å². The molecular weight excluding hydrogens is 312 g/mol. The number of nitro benzene ring substituents is 1. The number of rotatable bonds is 4. The second-order valence-electron chi connectivity index (χ2n) is 4.97. The van der Waals surface area contributed by atoms with Gasteiger partial charge in [0.15, 0.2) is 0 Å². The Morgan fingerprint density at radius 2 is 2.18 bits per heavy atom. The largest absolute Gasteiger partial charge is 0.311 e. The van der Waals surface area contributed by atoms with Gasteiger partial charge in [-0.25, -0.2) is 13.6 Å². The molecule has 1 saturated heterocycles. The lowest BCUT2D eigenvalue weighted by molar-refractivity contribution is -0.384. The summed E-state index contributed by atoms with van der Waals surface area (Å²) < 4.78 is 22.2. The van der Waals surface area contributed by atoms with Crippen LogP contribution in [-0.4, -0.2) is 31.5 Å². The van der Waals surface area contributed by atoms with E-state index in [1.165, 1.54) is 17.0 Å². The van der Waals surface area contributed by atoms with Crippen molar-refractivity contribution < 1.29 is 18.1 Å². The Kier molecular flexibility index (Phi) is 4.11. The van der Waals surface area contributed by atoms with Crippen LogP contribution in [0.4, 0.5) is 11.4 Å². The first kappa shape index (κ1) is 15.9. The summed E-state index contributed by atoms with van der Waals surface area (Å²) in [5, 5.41) is 24.8. The number of amides is 1. The predicted molar refractivity (Wildman–Crippen MR) is 76.2 cm³/mol. The normalized spacial score (nSPS) is 18.3. The zero-order chi connectivity index (χ0) is 16.5. The molecule has 1 aliphatic rings. The summed E-state index contributed by atoms with van der Waals surface area (Å²) in [4.78, 5) is 23.3. The van der Waals surface area contributed by atoms with Crippen molar-refractivity contribution in [1.82, 2.24) is 0 Å². The Morgan fingerprint density at radius 3 is 2.73 bits per heavy atom. The standard InChI is InChI=1S/C12H12N4O5S/c13-5-9-4-10(16(18)19)1-2-11(9)15-6-8(3-12(15)17)7-22(14,20)21/h1-2,4,8H,3,6-7H2,(H2,14,20,21). The lowest BCUT2D eigenvalue weighted by Gasteiger charge is -2.17. The first-order chi connectivity index (χ1) is 10.2. The van der Waals surface area contributed by atoms with Crippen molar-refractivity contribution in [2.75, 3.05) is 17.2 Å². The number of nitrogens with two attached hydrogens (primary N) is 1. The van der Waals surface area contributed by atoms with Crippen LogP contribution in [0.2, 0.25) is 0 Å². The topological polar surface area (TPSA) is 147 Å². The van der Waals surface area contributed by atoms with E-state index in [9.17, 15) is 23.3 Å². The zero-order valence-electron chi connectivity index (χ0n) is 11.3. The van der Waals surface area contributed by atoms with E-state index in [0.29, 0.717) is 0 Å². The summed E-state index contributed by atoms with van der Waals surface area (Å²) in [5.74, 6) is -1.15. The number of nitriles is 1. The van der Waals surface area contributed by atoms with Crippen LogP contribution in [0.15, 0.2) is 18.2 Å². The molecule has 1 heterocycles. The van der Waals surface area contributed by atoms with Gasteiger partial charge in [-0.15, -0.1) is 0 Å². The molecule has 1 fully saturated rings. The first-order valence-corrected chi connectivity index (χ1v) is 7.92. The van der Waals surface area contributed by atoms with Crippen LogP contribution in [0.3, 0.4) is 0 Å². The number of benzene rings is 1. The average Bonchev–Trinajstić information content (AvgIpc) is 2.76. The number of nitro groups is 1. The van der Waals surface area contributed by atoms with Crippen molar-refractivity contribution in [3.63, 3.8) is 0 Å². The maximum atomic E-state index is 12.0. The van der Waals surface area contributed by atoms with Gasteiger partial charge in [0.1, 0.15) is 6.07 Å². The molecule has 2 N–H and O–H groups in total. The molecule has 22 heavy (non-hydrogen) atoms. The quantitative estimate of drug-likeness (QED) is 0.614. The van der Waals surface area contributed by atoms with E-state index in [2.05, 4.69) is 0 Å². The third kappa shape index (κ3) is 3.38. The molecular formula is C12H12N4O5S. The van der Waals surface area contributed by atoms with Gasteiger partial charge in [0, 0.05) is 31.0 Å². The fourth-order valence-corrected chi connectivity index (χ4v) is 3.30. The van der Waals surface area contributed by atoms with Gasteiger partial charge in [0.25, 0.3) is 5.69 Å². The SMILES string of the molecule is N#Cc1cc([N+](=O)[O-])ccc1N1CC(CS(N)(=O)=O)CC1=O. The molecule has 2 rings (SSSR count). The number of carbonyl (C=O) groups is 1. The molecule has 1 aliphatic heterocycles. The summed E-state index contributed by atoms with van der Waals surface area (Å²) in [6.45, 7) is 0.0990. The summed E-state index contributed by atoms with van der Waals surface area (Å²) in [6, 6.07) is 5.39. The number of anilines is 1. The van der Waals surface area contributed by atoms with E-state index in [4.69, 9.17) is 10.4 Å². The van der Waals surface area contributed by atoms with Crippen LogP contribution in [0.25, 0.3) is 0 Å². The van der Waals surface area contributed by atoms with Gasteiger partial charge in [-0.3, -0.25) is 14.9 Å². The van der Waals surface area contributed by atoms with Gasteiger partial charge in [-0.2, -0.15) is 5.26 Å². The van der Waals surface area contributed by atoms with Crippen LogP contribution in [0, 0.1) is 27.4 Å². The smallest absolute Gasteiger partial charge is 0.270 e. The Balaban J connectivity index is 2.31. The molecule has 1 atom stereocenters. The van der Waals surface area contributed by atoms with Gasteiger partial charge < -0.3 is 4.90 Å². The number of nitrogens with zero attached hydrogens (tertiary/aromatic N) is 3. The lowest BCUT2D eigenvalue weighted by Crippen LogP contribution is -2.28. The van der Waals surface area contributed by atoms with E-state index < -0.39 is 20.9 Å². The molecule has 0 radical (unpaired) electrons. The molecule has 10 heteroatoms.